The van der Waals surface area contributed by atoms with Crippen molar-refractivity contribution in [3.63, 3.8) is 0 Å². The molecular weight excluding hydrogens is 438 g/mol. The van der Waals surface area contributed by atoms with Crippen LogP contribution >= 0.6 is 0 Å². The summed E-state index contributed by atoms with van der Waals surface area (Å²) in [6.45, 7) is 8.04. The molecule has 2 atom stereocenters. The van der Waals surface area contributed by atoms with Crippen LogP contribution in [-0.2, 0) is 17.9 Å². The summed E-state index contributed by atoms with van der Waals surface area (Å²) in [5, 5.41) is 8.96. The van der Waals surface area contributed by atoms with E-state index in [1.54, 1.807) is 0 Å². The first-order valence-electron chi connectivity index (χ1n) is 12.4. The molecule has 0 aliphatic carbocycles. The van der Waals surface area contributed by atoms with E-state index >= 15 is 0 Å². The van der Waals surface area contributed by atoms with Crippen molar-refractivity contribution in [2.24, 2.45) is 5.92 Å². The van der Waals surface area contributed by atoms with Crippen LogP contribution < -0.4 is 10.6 Å². The summed E-state index contributed by atoms with van der Waals surface area (Å²) in [7, 11) is 0. The van der Waals surface area contributed by atoms with E-state index in [4.69, 9.17) is 9.97 Å². The second-order valence-corrected chi connectivity index (χ2v) is 9.96. The molecule has 35 heavy (non-hydrogen) atoms. The lowest BCUT2D eigenvalue weighted by atomic mass is 10.0. The average molecular weight is 470 g/mol. The number of H-pyrrole nitrogens is 1. The van der Waals surface area contributed by atoms with Crippen molar-refractivity contribution in [1.29, 1.82) is 0 Å². The molecule has 2 aliphatic heterocycles. The minimum atomic E-state index is -0.385. The number of aromatic amines is 1. The van der Waals surface area contributed by atoms with E-state index in [0.717, 1.165) is 48.7 Å². The van der Waals surface area contributed by atoms with E-state index < -0.39 is 0 Å². The molecule has 1 saturated heterocycles. The lowest BCUT2D eigenvalue weighted by Crippen LogP contribution is -2.62. The van der Waals surface area contributed by atoms with Gasteiger partial charge in [-0.25, -0.2) is 9.97 Å². The molecule has 8 nitrogen and oxygen atoms in total. The van der Waals surface area contributed by atoms with Crippen molar-refractivity contribution in [1.82, 2.24) is 30.1 Å². The normalized spacial score (nSPS) is 21.6. The SMILES string of the molecule is CC(C)[C@@H]1Nc2nc(nc3ccccc23)CN2CCN(Cc3cccc4cc[nH]c34)CC2NC1=O. The van der Waals surface area contributed by atoms with Gasteiger partial charge in [-0.3, -0.25) is 14.6 Å². The third kappa shape index (κ3) is 4.24. The van der Waals surface area contributed by atoms with Crippen LogP contribution in [0.15, 0.2) is 54.7 Å². The molecule has 6 rings (SSSR count). The molecule has 2 aromatic carbocycles. The smallest absolute Gasteiger partial charge is 0.244 e. The number of nitrogens with zero attached hydrogens (tertiary/aromatic N) is 4. The Balaban J connectivity index is 1.31. The monoisotopic (exact) mass is 469 g/mol. The number of nitrogens with one attached hydrogen (secondary N) is 3. The first kappa shape index (κ1) is 22.0. The number of hydrogen-bond acceptors (Lipinski definition) is 6. The van der Waals surface area contributed by atoms with E-state index in [1.165, 1.54) is 16.5 Å². The van der Waals surface area contributed by atoms with E-state index in [0.29, 0.717) is 6.54 Å². The van der Waals surface area contributed by atoms with Gasteiger partial charge in [-0.2, -0.15) is 0 Å². The fourth-order valence-corrected chi connectivity index (χ4v) is 5.29. The van der Waals surface area contributed by atoms with Gasteiger partial charge in [-0.05, 0) is 35.1 Å². The Labute approximate surface area is 204 Å². The summed E-state index contributed by atoms with van der Waals surface area (Å²) in [6.07, 6.45) is 1.88. The number of anilines is 1. The molecule has 180 valence electrons. The third-order valence-electron chi connectivity index (χ3n) is 7.19. The van der Waals surface area contributed by atoms with Crippen LogP contribution in [0.3, 0.4) is 0 Å². The Morgan fingerprint density at radius 2 is 1.91 bits per heavy atom. The van der Waals surface area contributed by atoms with Crippen LogP contribution in [0.2, 0.25) is 0 Å². The number of carbonyl (C=O) groups is 1. The highest BCUT2D eigenvalue weighted by Gasteiger charge is 2.33. The average Bonchev–Trinajstić information content (AvgIpc) is 3.33. The first-order chi connectivity index (χ1) is 17.0. The standard InChI is InChI=1S/C27H31N7O/c1-17(2)24-27(35)31-23-16-33(14-19-7-5-6-18-10-11-28-25(18)19)12-13-34(23)15-22-29-21-9-4-3-8-20(21)26(30-22)32-24/h3-11,17,23-24,28H,12-16H2,1-2H3,(H,31,35)(H,29,30,32)/t23?,24-/m0/s1. The zero-order valence-corrected chi connectivity index (χ0v) is 20.2. The quantitative estimate of drug-likeness (QED) is 0.427. The molecule has 0 spiro atoms. The molecule has 1 unspecified atom stereocenters. The lowest BCUT2D eigenvalue weighted by Gasteiger charge is -2.42. The van der Waals surface area contributed by atoms with Crippen LogP contribution in [0.25, 0.3) is 21.8 Å². The predicted octanol–water partition coefficient (Wildman–Crippen LogP) is 3.32. The molecule has 1 amide bonds. The highest BCUT2D eigenvalue weighted by atomic mass is 16.2. The molecule has 1 fully saturated rings. The summed E-state index contributed by atoms with van der Waals surface area (Å²) in [6, 6.07) is 16.1. The van der Waals surface area contributed by atoms with Gasteiger partial charge >= 0.3 is 0 Å². The molecule has 0 saturated carbocycles. The van der Waals surface area contributed by atoms with Crippen LogP contribution in [0.4, 0.5) is 5.82 Å². The maximum atomic E-state index is 13.5. The van der Waals surface area contributed by atoms with Crippen molar-refractivity contribution in [2.45, 2.75) is 39.1 Å². The number of hydrogen-bond donors (Lipinski definition) is 3. The Morgan fingerprint density at radius 3 is 2.80 bits per heavy atom. The van der Waals surface area contributed by atoms with Crippen LogP contribution in [0, 0.1) is 5.92 Å². The maximum Gasteiger partial charge on any atom is 0.244 e. The van der Waals surface area contributed by atoms with Crippen LogP contribution in [-0.4, -0.2) is 62.5 Å². The van der Waals surface area contributed by atoms with Gasteiger partial charge in [0.15, 0.2) is 0 Å². The molecular formula is C27H31N7O. The van der Waals surface area contributed by atoms with Gasteiger partial charge in [-0.15, -0.1) is 0 Å². The zero-order valence-electron chi connectivity index (χ0n) is 20.2. The predicted molar refractivity (Wildman–Crippen MR) is 138 cm³/mol. The van der Waals surface area contributed by atoms with Gasteiger partial charge in [0.05, 0.1) is 18.2 Å². The van der Waals surface area contributed by atoms with Crippen molar-refractivity contribution < 1.29 is 4.79 Å². The number of aromatic nitrogens is 3. The van der Waals surface area contributed by atoms with Crippen LogP contribution in [0.1, 0.15) is 25.2 Å². The van der Waals surface area contributed by atoms with Crippen molar-refractivity contribution in [3.05, 3.63) is 66.1 Å². The number of piperazine rings is 1. The number of amides is 1. The van der Waals surface area contributed by atoms with E-state index in [1.807, 2.05) is 30.5 Å². The second-order valence-electron chi connectivity index (χ2n) is 9.96. The van der Waals surface area contributed by atoms with Gasteiger partial charge in [0, 0.05) is 43.3 Å². The Hall–Kier alpha value is -3.49. The summed E-state index contributed by atoms with van der Waals surface area (Å²) >= 11 is 0. The summed E-state index contributed by atoms with van der Waals surface area (Å²) in [5.74, 6) is 1.62. The van der Waals surface area contributed by atoms with E-state index in [-0.39, 0.29) is 24.0 Å². The minimum Gasteiger partial charge on any atom is -0.361 e. The Bertz CT molecular complexity index is 1380. The largest absolute Gasteiger partial charge is 0.361 e. The highest BCUT2D eigenvalue weighted by Crippen LogP contribution is 2.25. The third-order valence-corrected chi connectivity index (χ3v) is 7.19. The fraction of sp³-hybridized carbons (Fsp3) is 0.370. The maximum absolute atomic E-state index is 13.5. The number of rotatable bonds is 3. The lowest BCUT2D eigenvalue weighted by molar-refractivity contribution is -0.125. The van der Waals surface area contributed by atoms with Gasteiger partial charge < -0.3 is 15.6 Å². The minimum absolute atomic E-state index is 0.00876. The summed E-state index contributed by atoms with van der Waals surface area (Å²) in [5.41, 5.74) is 3.36. The molecule has 2 aliphatic rings. The van der Waals surface area contributed by atoms with Gasteiger partial charge in [0.25, 0.3) is 0 Å². The highest BCUT2D eigenvalue weighted by molar-refractivity contribution is 5.92. The van der Waals surface area contributed by atoms with Gasteiger partial charge in [0.2, 0.25) is 5.91 Å². The Kier molecular flexibility index (Phi) is 5.62. The van der Waals surface area contributed by atoms with E-state index in [9.17, 15) is 4.79 Å². The first-order valence-corrected chi connectivity index (χ1v) is 12.4. The molecule has 2 aromatic heterocycles. The summed E-state index contributed by atoms with van der Waals surface area (Å²) in [4.78, 5) is 31.3. The number of benzene rings is 2. The van der Waals surface area contributed by atoms with Crippen molar-refractivity contribution in [2.75, 3.05) is 25.0 Å². The molecule has 2 bridgehead atoms. The van der Waals surface area contributed by atoms with E-state index in [2.05, 4.69) is 63.5 Å². The summed E-state index contributed by atoms with van der Waals surface area (Å²) < 4.78 is 0. The molecule has 3 N–H and O–H groups in total. The van der Waals surface area contributed by atoms with Crippen molar-refractivity contribution in [3.8, 4) is 0 Å². The van der Waals surface area contributed by atoms with Crippen LogP contribution in [0.5, 0.6) is 0 Å². The fourth-order valence-electron chi connectivity index (χ4n) is 5.29. The number of carbonyl (C=O) groups excluding carboxylic acids is 1. The second kappa shape index (κ2) is 8.94. The molecule has 4 heterocycles. The number of fused-ring (bicyclic) bond motifs is 6. The van der Waals surface area contributed by atoms with Gasteiger partial charge in [0.1, 0.15) is 17.7 Å². The zero-order chi connectivity index (χ0) is 23.9. The molecule has 0 radical (unpaired) electrons. The van der Waals surface area contributed by atoms with Gasteiger partial charge in [-0.1, -0.05) is 44.2 Å². The topological polar surface area (TPSA) is 89.2 Å². The number of para-hydroxylation sites is 2. The molecule has 8 heteroatoms. The molecule has 4 aromatic rings. The Morgan fingerprint density at radius 1 is 1.03 bits per heavy atom. The van der Waals surface area contributed by atoms with Crippen molar-refractivity contribution >= 4 is 33.5 Å².